The monoisotopic (exact) mass is 164 g/mol. The SMILES string of the molecule is Cc1ccccc1CCNCN. The average Bonchev–Trinajstić information content (AvgIpc) is 2.09. The molecule has 1 aromatic carbocycles. The molecular formula is C10H16N2. The van der Waals surface area contributed by atoms with E-state index >= 15 is 0 Å². The van der Waals surface area contributed by atoms with Crippen LogP contribution in [0.1, 0.15) is 11.1 Å². The van der Waals surface area contributed by atoms with E-state index in [1.165, 1.54) is 11.1 Å². The first-order valence-electron chi connectivity index (χ1n) is 4.30. The molecule has 0 aliphatic carbocycles. The zero-order chi connectivity index (χ0) is 8.81. The van der Waals surface area contributed by atoms with Gasteiger partial charge in [-0.2, -0.15) is 0 Å². The number of aryl methyl sites for hydroxylation is 1. The Morgan fingerprint density at radius 1 is 1.33 bits per heavy atom. The van der Waals surface area contributed by atoms with E-state index in [0.29, 0.717) is 6.67 Å². The summed E-state index contributed by atoms with van der Waals surface area (Å²) in [6.45, 7) is 3.66. The Morgan fingerprint density at radius 3 is 2.75 bits per heavy atom. The molecule has 2 nitrogen and oxygen atoms in total. The lowest BCUT2D eigenvalue weighted by Gasteiger charge is -2.04. The minimum Gasteiger partial charge on any atom is -0.318 e. The van der Waals surface area contributed by atoms with Crippen molar-refractivity contribution in [2.24, 2.45) is 5.73 Å². The van der Waals surface area contributed by atoms with Gasteiger partial charge in [0.2, 0.25) is 0 Å². The summed E-state index contributed by atoms with van der Waals surface area (Å²) < 4.78 is 0. The number of nitrogens with one attached hydrogen (secondary N) is 1. The lowest BCUT2D eigenvalue weighted by molar-refractivity contribution is 0.700. The average molecular weight is 164 g/mol. The summed E-state index contributed by atoms with van der Waals surface area (Å²) in [4.78, 5) is 0. The van der Waals surface area contributed by atoms with E-state index in [1.807, 2.05) is 0 Å². The summed E-state index contributed by atoms with van der Waals surface area (Å²) in [5.41, 5.74) is 8.08. The molecule has 0 heterocycles. The summed E-state index contributed by atoms with van der Waals surface area (Å²) in [5, 5.41) is 3.10. The molecule has 0 bridgehead atoms. The molecule has 0 aliphatic heterocycles. The third-order valence-electron chi connectivity index (χ3n) is 1.98. The Hall–Kier alpha value is -0.860. The van der Waals surface area contributed by atoms with Gasteiger partial charge in [-0.05, 0) is 24.5 Å². The fraction of sp³-hybridized carbons (Fsp3) is 0.400. The highest BCUT2D eigenvalue weighted by Gasteiger charge is 1.94. The van der Waals surface area contributed by atoms with Crippen molar-refractivity contribution in [1.29, 1.82) is 0 Å². The summed E-state index contributed by atoms with van der Waals surface area (Å²) in [7, 11) is 0. The van der Waals surface area contributed by atoms with Gasteiger partial charge in [0.15, 0.2) is 0 Å². The molecule has 3 N–H and O–H groups in total. The third-order valence-corrected chi connectivity index (χ3v) is 1.98. The van der Waals surface area contributed by atoms with Gasteiger partial charge in [-0.1, -0.05) is 24.3 Å². The highest BCUT2D eigenvalue weighted by atomic mass is 14.9. The van der Waals surface area contributed by atoms with E-state index in [4.69, 9.17) is 5.73 Å². The van der Waals surface area contributed by atoms with Crippen molar-refractivity contribution in [2.75, 3.05) is 13.2 Å². The van der Waals surface area contributed by atoms with Gasteiger partial charge in [-0.15, -0.1) is 0 Å². The van der Waals surface area contributed by atoms with E-state index < -0.39 is 0 Å². The second-order valence-electron chi connectivity index (χ2n) is 2.88. The quantitative estimate of drug-likeness (QED) is 0.515. The molecule has 2 heteroatoms. The van der Waals surface area contributed by atoms with Crippen LogP contribution in [-0.2, 0) is 6.42 Å². The Bertz CT molecular complexity index is 233. The predicted molar refractivity (Wildman–Crippen MR) is 51.9 cm³/mol. The van der Waals surface area contributed by atoms with E-state index in [-0.39, 0.29) is 0 Å². The fourth-order valence-corrected chi connectivity index (χ4v) is 1.22. The van der Waals surface area contributed by atoms with Crippen molar-refractivity contribution in [1.82, 2.24) is 5.32 Å². The predicted octanol–water partition coefficient (Wildman–Crippen LogP) is 1.04. The number of rotatable bonds is 4. The van der Waals surface area contributed by atoms with Gasteiger partial charge in [0.05, 0.1) is 0 Å². The van der Waals surface area contributed by atoms with Crippen LogP contribution in [-0.4, -0.2) is 13.2 Å². The molecular weight excluding hydrogens is 148 g/mol. The Labute approximate surface area is 73.8 Å². The standard InChI is InChI=1S/C10H16N2/c1-9-4-2-3-5-10(9)6-7-12-8-11/h2-5,12H,6-8,11H2,1H3. The minimum absolute atomic E-state index is 0.561. The van der Waals surface area contributed by atoms with Crippen LogP contribution in [0.4, 0.5) is 0 Å². The lowest BCUT2D eigenvalue weighted by Crippen LogP contribution is -2.24. The summed E-state index contributed by atoms with van der Waals surface area (Å²) in [6.07, 6.45) is 1.06. The molecule has 0 saturated heterocycles. The largest absolute Gasteiger partial charge is 0.318 e. The Morgan fingerprint density at radius 2 is 2.08 bits per heavy atom. The highest BCUT2D eigenvalue weighted by Crippen LogP contribution is 2.06. The Balaban J connectivity index is 2.46. The van der Waals surface area contributed by atoms with Crippen molar-refractivity contribution in [3.05, 3.63) is 35.4 Å². The van der Waals surface area contributed by atoms with Crippen molar-refractivity contribution in [3.8, 4) is 0 Å². The van der Waals surface area contributed by atoms with Gasteiger partial charge in [0.25, 0.3) is 0 Å². The highest BCUT2D eigenvalue weighted by molar-refractivity contribution is 5.25. The zero-order valence-corrected chi connectivity index (χ0v) is 7.51. The second-order valence-corrected chi connectivity index (χ2v) is 2.88. The van der Waals surface area contributed by atoms with Crippen LogP contribution < -0.4 is 11.1 Å². The van der Waals surface area contributed by atoms with E-state index in [9.17, 15) is 0 Å². The number of benzene rings is 1. The molecule has 0 aliphatic rings. The first-order valence-corrected chi connectivity index (χ1v) is 4.30. The first kappa shape index (κ1) is 9.23. The zero-order valence-electron chi connectivity index (χ0n) is 7.51. The van der Waals surface area contributed by atoms with E-state index in [2.05, 4.69) is 36.5 Å². The molecule has 0 spiro atoms. The number of hydrogen-bond donors (Lipinski definition) is 2. The minimum atomic E-state index is 0.561. The van der Waals surface area contributed by atoms with Crippen LogP contribution in [0.25, 0.3) is 0 Å². The summed E-state index contributed by atoms with van der Waals surface area (Å²) in [5.74, 6) is 0. The third kappa shape index (κ3) is 2.64. The van der Waals surface area contributed by atoms with Crippen molar-refractivity contribution in [3.63, 3.8) is 0 Å². The van der Waals surface area contributed by atoms with Gasteiger partial charge < -0.3 is 11.1 Å². The van der Waals surface area contributed by atoms with Crippen molar-refractivity contribution < 1.29 is 0 Å². The van der Waals surface area contributed by atoms with Crippen LogP contribution in [0, 0.1) is 6.92 Å². The topological polar surface area (TPSA) is 38.0 Å². The molecule has 66 valence electrons. The van der Waals surface area contributed by atoms with Gasteiger partial charge >= 0.3 is 0 Å². The van der Waals surface area contributed by atoms with Crippen LogP contribution in [0.5, 0.6) is 0 Å². The molecule has 0 radical (unpaired) electrons. The molecule has 0 fully saturated rings. The smallest absolute Gasteiger partial charge is 0.0428 e. The van der Waals surface area contributed by atoms with Gasteiger partial charge in [0, 0.05) is 13.2 Å². The lowest BCUT2D eigenvalue weighted by atomic mass is 10.1. The van der Waals surface area contributed by atoms with Crippen LogP contribution in [0.15, 0.2) is 24.3 Å². The van der Waals surface area contributed by atoms with Crippen molar-refractivity contribution >= 4 is 0 Å². The molecule has 0 atom stereocenters. The Kier molecular flexibility index (Phi) is 3.77. The van der Waals surface area contributed by atoms with Gasteiger partial charge in [-0.3, -0.25) is 0 Å². The summed E-state index contributed by atoms with van der Waals surface area (Å²) in [6, 6.07) is 8.44. The maximum absolute atomic E-state index is 5.32. The normalized spacial score (nSPS) is 10.2. The van der Waals surface area contributed by atoms with E-state index in [1.54, 1.807) is 0 Å². The van der Waals surface area contributed by atoms with Crippen molar-refractivity contribution in [2.45, 2.75) is 13.3 Å². The second kappa shape index (κ2) is 4.91. The molecule has 1 aromatic rings. The van der Waals surface area contributed by atoms with Crippen LogP contribution >= 0.6 is 0 Å². The maximum Gasteiger partial charge on any atom is 0.0428 e. The maximum atomic E-state index is 5.32. The van der Waals surface area contributed by atoms with Crippen LogP contribution in [0.2, 0.25) is 0 Å². The number of hydrogen-bond acceptors (Lipinski definition) is 2. The van der Waals surface area contributed by atoms with Gasteiger partial charge in [0.1, 0.15) is 0 Å². The first-order chi connectivity index (χ1) is 5.84. The molecule has 0 saturated carbocycles. The molecule has 0 unspecified atom stereocenters. The molecule has 12 heavy (non-hydrogen) atoms. The van der Waals surface area contributed by atoms with Crippen LogP contribution in [0.3, 0.4) is 0 Å². The molecule has 0 amide bonds. The molecule has 0 aromatic heterocycles. The van der Waals surface area contributed by atoms with E-state index in [0.717, 1.165) is 13.0 Å². The summed E-state index contributed by atoms with van der Waals surface area (Å²) >= 11 is 0. The molecule has 1 rings (SSSR count). The van der Waals surface area contributed by atoms with Gasteiger partial charge in [-0.25, -0.2) is 0 Å². The number of nitrogens with two attached hydrogens (primary N) is 1. The fourth-order valence-electron chi connectivity index (χ4n) is 1.22.